The quantitative estimate of drug-likeness (QED) is 0.745. The van der Waals surface area contributed by atoms with Crippen molar-refractivity contribution in [1.29, 1.82) is 0 Å². The standard InChI is InChI=1S/C15H25N3/c1-16-9-10-17(2)13-15(18(3)12-11-16)14-7-5-4-6-8-14/h4-8,15H,9-13H2,1-3H3. The zero-order chi connectivity index (χ0) is 13.0. The molecule has 0 aromatic heterocycles. The maximum absolute atomic E-state index is 2.48. The minimum absolute atomic E-state index is 0.502. The molecule has 1 aliphatic rings. The summed E-state index contributed by atoms with van der Waals surface area (Å²) < 4.78 is 0. The van der Waals surface area contributed by atoms with Gasteiger partial charge in [0.15, 0.2) is 0 Å². The summed E-state index contributed by atoms with van der Waals surface area (Å²) in [6.45, 7) is 5.69. The van der Waals surface area contributed by atoms with Crippen LogP contribution in [-0.2, 0) is 0 Å². The van der Waals surface area contributed by atoms with E-state index in [-0.39, 0.29) is 0 Å². The van der Waals surface area contributed by atoms with Gasteiger partial charge in [-0.15, -0.1) is 0 Å². The number of nitrogens with zero attached hydrogens (tertiary/aromatic N) is 3. The van der Waals surface area contributed by atoms with Crippen molar-refractivity contribution in [2.24, 2.45) is 0 Å². The second kappa shape index (κ2) is 6.32. The highest BCUT2D eigenvalue weighted by Crippen LogP contribution is 2.20. The van der Waals surface area contributed by atoms with Crippen LogP contribution in [0.2, 0.25) is 0 Å². The molecule has 1 saturated heterocycles. The first-order valence-electron chi connectivity index (χ1n) is 6.79. The molecule has 18 heavy (non-hydrogen) atoms. The molecule has 1 aromatic carbocycles. The van der Waals surface area contributed by atoms with Gasteiger partial charge in [0.25, 0.3) is 0 Å². The van der Waals surface area contributed by atoms with E-state index in [2.05, 4.69) is 66.2 Å². The molecule has 1 aromatic rings. The largest absolute Gasteiger partial charge is 0.304 e. The van der Waals surface area contributed by atoms with E-state index in [1.807, 2.05) is 0 Å². The number of likely N-dealkylation sites (N-methyl/N-ethyl adjacent to an activating group) is 3. The van der Waals surface area contributed by atoms with E-state index < -0.39 is 0 Å². The molecule has 100 valence electrons. The van der Waals surface area contributed by atoms with E-state index in [9.17, 15) is 0 Å². The molecular weight excluding hydrogens is 222 g/mol. The highest BCUT2D eigenvalue weighted by molar-refractivity contribution is 5.19. The average Bonchev–Trinajstić information content (AvgIpc) is 2.45. The van der Waals surface area contributed by atoms with Crippen molar-refractivity contribution in [2.75, 3.05) is 53.9 Å². The molecule has 0 spiro atoms. The van der Waals surface area contributed by atoms with Crippen LogP contribution in [0.25, 0.3) is 0 Å². The average molecular weight is 247 g/mol. The number of hydrogen-bond acceptors (Lipinski definition) is 3. The Bertz CT molecular complexity index is 352. The van der Waals surface area contributed by atoms with E-state index in [0.717, 1.165) is 32.7 Å². The molecule has 0 bridgehead atoms. The van der Waals surface area contributed by atoms with Gasteiger partial charge in [-0.2, -0.15) is 0 Å². The van der Waals surface area contributed by atoms with Crippen molar-refractivity contribution in [3.63, 3.8) is 0 Å². The summed E-state index contributed by atoms with van der Waals surface area (Å²) in [5, 5.41) is 0. The smallest absolute Gasteiger partial charge is 0.0472 e. The van der Waals surface area contributed by atoms with Gasteiger partial charge < -0.3 is 9.80 Å². The molecule has 1 fully saturated rings. The van der Waals surface area contributed by atoms with Gasteiger partial charge in [0.1, 0.15) is 0 Å². The van der Waals surface area contributed by atoms with E-state index in [0.29, 0.717) is 6.04 Å². The van der Waals surface area contributed by atoms with Crippen LogP contribution in [0.3, 0.4) is 0 Å². The second-order valence-electron chi connectivity index (χ2n) is 5.47. The summed E-state index contributed by atoms with van der Waals surface area (Å²) in [6, 6.07) is 11.4. The lowest BCUT2D eigenvalue weighted by Crippen LogP contribution is -2.35. The first-order valence-corrected chi connectivity index (χ1v) is 6.79. The van der Waals surface area contributed by atoms with E-state index in [4.69, 9.17) is 0 Å². The van der Waals surface area contributed by atoms with Gasteiger partial charge in [0.05, 0.1) is 0 Å². The Balaban J connectivity index is 2.15. The predicted octanol–water partition coefficient (Wildman–Crippen LogP) is 1.54. The number of rotatable bonds is 1. The first kappa shape index (κ1) is 13.5. The van der Waals surface area contributed by atoms with Crippen LogP contribution in [0.1, 0.15) is 11.6 Å². The summed E-state index contributed by atoms with van der Waals surface area (Å²) >= 11 is 0. The summed E-state index contributed by atoms with van der Waals surface area (Å²) in [4.78, 5) is 7.34. The van der Waals surface area contributed by atoms with E-state index in [1.54, 1.807) is 0 Å². The highest BCUT2D eigenvalue weighted by atomic mass is 15.3. The van der Waals surface area contributed by atoms with Crippen LogP contribution in [0.5, 0.6) is 0 Å². The van der Waals surface area contributed by atoms with Gasteiger partial charge in [0.2, 0.25) is 0 Å². The lowest BCUT2D eigenvalue weighted by atomic mass is 10.1. The Kier molecular flexibility index (Phi) is 4.75. The Labute approximate surface area is 111 Å². The maximum Gasteiger partial charge on any atom is 0.0472 e. The molecular formula is C15H25N3. The molecule has 1 unspecified atom stereocenters. The van der Waals surface area contributed by atoms with Crippen LogP contribution in [0.15, 0.2) is 30.3 Å². The van der Waals surface area contributed by atoms with Crippen molar-refractivity contribution < 1.29 is 0 Å². The lowest BCUT2D eigenvalue weighted by molar-refractivity contribution is 0.194. The van der Waals surface area contributed by atoms with Crippen LogP contribution in [0, 0.1) is 0 Å². The monoisotopic (exact) mass is 247 g/mol. The maximum atomic E-state index is 2.48. The molecule has 0 radical (unpaired) electrons. The normalized spacial score (nSPS) is 25.4. The third-order valence-electron chi connectivity index (χ3n) is 3.90. The topological polar surface area (TPSA) is 9.72 Å². The second-order valence-corrected chi connectivity index (χ2v) is 5.47. The lowest BCUT2D eigenvalue weighted by Gasteiger charge is -2.30. The van der Waals surface area contributed by atoms with Gasteiger partial charge in [-0.1, -0.05) is 30.3 Å². The summed E-state index contributed by atoms with van der Waals surface area (Å²) in [7, 11) is 6.68. The molecule has 2 rings (SSSR count). The first-order chi connectivity index (χ1) is 8.66. The third kappa shape index (κ3) is 3.55. The third-order valence-corrected chi connectivity index (χ3v) is 3.90. The SMILES string of the molecule is CN1CCN(C)CC(c2ccccc2)N(C)CC1. The summed E-state index contributed by atoms with van der Waals surface area (Å²) in [6.07, 6.45) is 0. The molecule has 1 atom stereocenters. The molecule has 1 heterocycles. The molecule has 3 heteroatoms. The Morgan fingerprint density at radius 3 is 2.17 bits per heavy atom. The van der Waals surface area contributed by atoms with E-state index in [1.165, 1.54) is 5.56 Å². The van der Waals surface area contributed by atoms with Gasteiger partial charge in [-0.25, -0.2) is 0 Å². The highest BCUT2D eigenvalue weighted by Gasteiger charge is 2.20. The van der Waals surface area contributed by atoms with Gasteiger partial charge in [-0.3, -0.25) is 4.90 Å². The van der Waals surface area contributed by atoms with Crippen molar-refractivity contribution in [1.82, 2.24) is 14.7 Å². The Hall–Kier alpha value is -0.900. The fourth-order valence-electron chi connectivity index (χ4n) is 2.50. The van der Waals surface area contributed by atoms with Crippen molar-refractivity contribution >= 4 is 0 Å². The summed E-state index contributed by atoms with van der Waals surface area (Å²) in [5.74, 6) is 0. The van der Waals surface area contributed by atoms with Crippen LogP contribution in [0.4, 0.5) is 0 Å². The number of hydrogen-bond donors (Lipinski definition) is 0. The Morgan fingerprint density at radius 2 is 1.44 bits per heavy atom. The van der Waals surface area contributed by atoms with Crippen LogP contribution >= 0.6 is 0 Å². The molecule has 0 aliphatic carbocycles. The van der Waals surface area contributed by atoms with Crippen molar-refractivity contribution in [3.05, 3.63) is 35.9 Å². The van der Waals surface area contributed by atoms with Crippen LogP contribution < -0.4 is 0 Å². The fourth-order valence-corrected chi connectivity index (χ4v) is 2.50. The molecule has 1 aliphatic heterocycles. The molecule has 3 nitrogen and oxygen atoms in total. The molecule has 0 amide bonds. The molecule has 0 saturated carbocycles. The van der Waals surface area contributed by atoms with Gasteiger partial charge in [-0.05, 0) is 26.7 Å². The fraction of sp³-hybridized carbons (Fsp3) is 0.600. The van der Waals surface area contributed by atoms with Crippen molar-refractivity contribution in [2.45, 2.75) is 6.04 Å². The molecule has 0 N–H and O–H groups in total. The summed E-state index contributed by atoms with van der Waals surface area (Å²) in [5.41, 5.74) is 1.43. The predicted molar refractivity (Wildman–Crippen MR) is 76.8 cm³/mol. The zero-order valence-electron chi connectivity index (χ0n) is 11.8. The van der Waals surface area contributed by atoms with Crippen molar-refractivity contribution in [3.8, 4) is 0 Å². The minimum atomic E-state index is 0.502. The minimum Gasteiger partial charge on any atom is -0.304 e. The zero-order valence-corrected chi connectivity index (χ0v) is 11.8. The van der Waals surface area contributed by atoms with Gasteiger partial charge >= 0.3 is 0 Å². The van der Waals surface area contributed by atoms with Crippen LogP contribution in [-0.4, -0.2) is 68.6 Å². The Morgan fingerprint density at radius 1 is 0.833 bits per heavy atom. The number of benzene rings is 1. The van der Waals surface area contributed by atoms with E-state index >= 15 is 0 Å². The van der Waals surface area contributed by atoms with Gasteiger partial charge in [0, 0.05) is 38.8 Å².